The zero-order valence-corrected chi connectivity index (χ0v) is 17.5. The molecule has 0 spiro atoms. The lowest BCUT2D eigenvalue weighted by atomic mass is 9.79. The Morgan fingerprint density at radius 3 is 2.37 bits per heavy atom. The van der Waals surface area contributed by atoms with Crippen molar-refractivity contribution in [3.63, 3.8) is 0 Å². The van der Waals surface area contributed by atoms with E-state index >= 15 is 0 Å². The molecule has 0 amide bonds. The molecule has 0 unspecified atom stereocenters. The van der Waals surface area contributed by atoms with E-state index < -0.39 is 0 Å². The van der Waals surface area contributed by atoms with Crippen LogP contribution >= 0.6 is 0 Å². The highest BCUT2D eigenvalue weighted by Gasteiger charge is 2.46. The van der Waals surface area contributed by atoms with Crippen LogP contribution in [-0.4, -0.2) is 49.7 Å². The molecule has 2 heterocycles. The van der Waals surface area contributed by atoms with Crippen LogP contribution in [0.25, 0.3) is 0 Å². The van der Waals surface area contributed by atoms with Gasteiger partial charge in [0, 0.05) is 44.8 Å². The lowest BCUT2D eigenvalue weighted by Gasteiger charge is -2.37. The van der Waals surface area contributed by atoms with Gasteiger partial charge in [-0.05, 0) is 36.8 Å². The third-order valence-corrected chi connectivity index (χ3v) is 6.72. The number of para-hydroxylation sites is 1. The molecule has 27 heavy (non-hydrogen) atoms. The lowest BCUT2D eigenvalue weighted by molar-refractivity contribution is -0.149. The summed E-state index contributed by atoms with van der Waals surface area (Å²) in [5.41, 5.74) is 2.62. The Morgan fingerprint density at radius 2 is 1.78 bits per heavy atom. The van der Waals surface area contributed by atoms with Crippen LogP contribution in [0.15, 0.2) is 24.3 Å². The number of esters is 1. The molecule has 2 aliphatic heterocycles. The maximum absolute atomic E-state index is 12.3. The Balaban J connectivity index is 1.49. The molecule has 4 heteroatoms. The smallest absolute Gasteiger partial charge is 0.312 e. The van der Waals surface area contributed by atoms with E-state index in [0.717, 1.165) is 58.4 Å². The SMILES string of the molecule is CCC1(CC)C[C@@H](CCN2CCN(c3ccccc3C(C)C)CC2)OC1=O. The van der Waals surface area contributed by atoms with Gasteiger partial charge in [-0.1, -0.05) is 45.9 Å². The predicted octanol–water partition coefficient (Wildman–Crippen LogP) is 4.44. The summed E-state index contributed by atoms with van der Waals surface area (Å²) in [4.78, 5) is 17.3. The quantitative estimate of drug-likeness (QED) is 0.662. The van der Waals surface area contributed by atoms with Gasteiger partial charge < -0.3 is 9.64 Å². The normalized spacial score (nSPS) is 23.1. The Morgan fingerprint density at radius 1 is 1.11 bits per heavy atom. The van der Waals surface area contributed by atoms with Crippen molar-refractivity contribution in [3.8, 4) is 0 Å². The summed E-state index contributed by atoms with van der Waals surface area (Å²) in [6.45, 7) is 14.1. The van der Waals surface area contributed by atoms with Gasteiger partial charge in [0.2, 0.25) is 0 Å². The average Bonchev–Trinajstić information content (AvgIpc) is 3.02. The molecule has 1 atom stereocenters. The van der Waals surface area contributed by atoms with Crippen molar-refractivity contribution < 1.29 is 9.53 Å². The van der Waals surface area contributed by atoms with Gasteiger partial charge in [0.05, 0.1) is 5.41 Å². The van der Waals surface area contributed by atoms with E-state index in [-0.39, 0.29) is 17.5 Å². The topological polar surface area (TPSA) is 32.8 Å². The number of benzene rings is 1. The second-order valence-corrected chi connectivity index (χ2v) is 8.55. The third kappa shape index (κ3) is 4.31. The summed E-state index contributed by atoms with van der Waals surface area (Å²) >= 11 is 0. The Labute approximate surface area is 164 Å². The minimum absolute atomic E-state index is 0.0348. The number of piperazine rings is 1. The fourth-order valence-corrected chi connectivity index (χ4v) is 4.63. The summed E-state index contributed by atoms with van der Waals surface area (Å²) in [6, 6.07) is 8.81. The molecular weight excluding hydrogens is 336 g/mol. The molecule has 1 aromatic carbocycles. The first-order chi connectivity index (χ1) is 13.0. The van der Waals surface area contributed by atoms with Crippen LogP contribution in [0.2, 0.25) is 0 Å². The van der Waals surface area contributed by atoms with E-state index in [1.807, 2.05) is 0 Å². The predicted molar refractivity (Wildman–Crippen MR) is 111 cm³/mol. The zero-order chi connectivity index (χ0) is 19.4. The first-order valence-corrected chi connectivity index (χ1v) is 10.8. The zero-order valence-electron chi connectivity index (χ0n) is 17.5. The van der Waals surface area contributed by atoms with E-state index in [1.54, 1.807) is 0 Å². The van der Waals surface area contributed by atoms with Gasteiger partial charge in [0.25, 0.3) is 0 Å². The molecule has 0 N–H and O–H groups in total. The van der Waals surface area contributed by atoms with E-state index in [1.165, 1.54) is 11.3 Å². The van der Waals surface area contributed by atoms with Gasteiger partial charge in [-0.2, -0.15) is 0 Å². The number of carbonyl (C=O) groups is 1. The van der Waals surface area contributed by atoms with Gasteiger partial charge in [-0.15, -0.1) is 0 Å². The fourth-order valence-electron chi connectivity index (χ4n) is 4.63. The Kier molecular flexibility index (Phi) is 6.46. The molecule has 4 nitrogen and oxygen atoms in total. The number of hydrogen-bond acceptors (Lipinski definition) is 4. The van der Waals surface area contributed by atoms with E-state index in [4.69, 9.17) is 4.74 Å². The van der Waals surface area contributed by atoms with E-state index in [9.17, 15) is 4.79 Å². The van der Waals surface area contributed by atoms with Crippen LogP contribution in [0.4, 0.5) is 5.69 Å². The average molecular weight is 373 g/mol. The highest BCUT2D eigenvalue weighted by atomic mass is 16.6. The molecule has 0 aliphatic carbocycles. The molecule has 150 valence electrons. The van der Waals surface area contributed by atoms with Crippen LogP contribution in [0.5, 0.6) is 0 Å². The summed E-state index contributed by atoms with van der Waals surface area (Å²) in [5.74, 6) is 0.585. The van der Waals surface area contributed by atoms with Crippen molar-refractivity contribution in [3.05, 3.63) is 29.8 Å². The molecule has 3 rings (SSSR count). The number of nitrogens with zero attached hydrogens (tertiary/aromatic N) is 2. The third-order valence-electron chi connectivity index (χ3n) is 6.72. The minimum atomic E-state index is -0.218. The van der Waals surface area contributed by atoms with Crippen LogP contribution in [0.1, 0.15) is 64.9 Å². The van der Waals surface area contributed by atoms with E-state index in [2.05, 4.69) is 61.8 Å². The van der Waals surface area contributed by atoms with Crippen LogP contribution < -0.4 is 4.90 Å². The number of carbonyl (C=O) groups excluding carboxylic acids is 1. The molecule has 0 saturated carbocycles. The molecule has 0 bridgehead atoms. The summed E-state index contributed by atoms with van der Waals surface area (Å²) in [5, 5.41) is 0. The number of hydrogen-bond donors (Lipinski definition) is 0. The van der Waals surface area contributed by atoms with Crippen molar-refractivity contribution in [2.24, 2.45) is 5.41 Å². The largest absolute Gasteiger partial charge is 0.462 e. The number of ether oxygens (including phenoxy) is 1. The van der Waals surface area contributed by atoms with Crippen LogP contribution in [0, 0.1) is 5.41 Å². The second-order valence-electron chi connectivity index (χ2n) is 8.55. The van der Waals surface area contributed by atoms with Crippen molar-refractivity contribution in [2.75, 3.05) is 37.6 Å². The Bertz CT molecular complexity index is 631. The maximum atomic E-state index is 12.3. The summed E-state index contributed by atoms with van der Waals surface area (Å²) in [7, 11) is 0. The van der Waals surface area contributed by atoms with Gasteiger partial charge in [-0.3, -0.25) is 9.69 Å². The minimum Gasteiger partial charge on any atom is -0.462 e. The standard InChI is InChI=1S/C23H36N2O2/c1-5-23(6-2)17-19(27-22(23)26)11-12-24-13-15-25(16-14-24)21-10-8-7-9-20(21)18(3)4/h7-10,18-19H,5-6,11-17H2,1-4H3/t19-/m1/s1. The lowest BCUT2D eigenvalue weighted by Crippen LogP contribution is -2.47. The molecule has 2 fully saturated rings. The first kappa shape index (κ1) is 20.2. The Hall–Kier alpha value is -1.55. The van der Waals surface area contributed by atoms with Crippen LogP contribution in [0.3, 0.4) is 0 Å². The van der Waals surface area contributed by atoms with Gasteiger partial charge in [0.1, 0.15) is 6.10 Å². The highest BCUT2D eigenvalue weighted by molar-refractivity contribution is 5.78. The molecule has 2 aliphatic rings. The van der Waals surface area contributed by atoms with Crippen molar-refractivity contribution in [1.29, 1.82) is 0 Å². The fraction of sp³-hybridized carbons (Fsp3) is 0.696. The van der Waals surface area contributed by atoms with Crippen molar-refractivity contribution in [1.82, 2.24) is 4.90 Å². The van der Waals surface area contributed by atoms with Gasteiger partial charge in [0.15, 0.2) is 0 Å². The molecular formula is C23H36N2O2. The monoisotopic (exact) mass is 372 g/mol. The van der Waals surface area contributed by atoms with Crippen molar-refractivity contribution >= 4 is 11.7 Å². The molecule has 0 aromatic heterocycles. The maximum Gasteiger partial charge on any atom is 0.312 e. The summed E-state index contributed by atoms with van der Waals surface area (Å²) in [6.07, 6.45) is 3.77. The number of rotatable bonds is 7. The summed E-state index contributed by atoms with van der Waals surface area (Å²) < 4.78 is 5.71. The van der Waals surface area contributed by atoms with Crippen LogP contribution in [-0.2, 0) is 9.53 Å². The van der Waals surface area contributed by atoms with Gasteiger partial charge >= 0.3 is 5.97 Å². The number of cyclic esters (lactones) is 1. The molecule has 1 aromatic rings. The van der Waals surface area contributed by atoms with Crippen molar-refractivity contribution in [2.45, 2.75) is 65.4 Å². The first-order valence-electron chi connectivity index (χ1n) is 10.8. The highest BCUT2D eigenvalue weighted by Crippen LogP contribution is 2.41. The molecule has 2 saturated heterocycles. The molecule has 0 radical (unpaired) electrons. The van der Waals surface area contributed by atoms with E-state index in [0.29, 0.717) is 5.92 Å². The number of anilines is 1. The second kappa shape index (κ2) is 8.64. The van der Waals surface area contributed by atoms with Gasteiger partial charge in [-0.25, -0.2) is 0 Å².